The van der Waals surface area contributed by atoms with Gasteiger partial charge >= 0.3 is 0 Å². The number of rotatable bonds is 5. The molecule has 3 atom stereocenters. The van der Waals surface area contributed by atoms with Crippen molar-refractivity contribution in [2.45, 2.75) is 58.9 Å². The maximum atomic E-state index is 9.98. The molecular formula is C14H28O2Si. The molecule has 0 amide bonds. The maximum Gasteiger partial charge on any atom is 0.191 e. The highest BCUT2D eigenvalue weighted by molar-refractivity contribution is 6.74. The van der Waals surface area contributed by atoms with Crippen LogP contribution in [0.3, 0.4) is 0 Å². The first-order chi connectivity index (χ1) is 7.53. The minimum absolute atomic E-state index is 0.0789. The quantitative estimate of drug-likeness (QED) is 0.604. The Hall–Kier alpha value is -0.303. The van der Waals surface area contributed by atoms with Crippen LogP contribution in [0.4, 0.5) is 0 Å². The Kier molecular flexibility index (Phi) is 5.93. The second-order valence-corrected chi connectivity index (χ2v) is 11.3. The van der Waals surface area contributed by atoms with E-state index in [2.05, 4.69) is 39.8 Å². The van der Waals surface area contributed by atoms with Gasteiger partial charge in [-0.1, -0.05) is 27.7 Å². The molecule has 0 aliphatic heterocycles. The first-order valence-electron chi connectivity index (χ1n) is 6.31. The zero-order valence-corrected chi connectivity index (χ0v) is 13.4. The van der Waals surface area contributed by atoms with Gasteiger partial charge in [-0.3, -0.25) is 0 Å². The topological polar surface area (TPSA) is 29.5 Å². The van der Waals surface area contributed by atoms with Crippen LogP contribution in [0.5, 0.6) is 0 Å². The van der Waals surface area contributed by atoms with Crippen molar-refractivity contribution in [3.63, 3.8) is 0 Å². The van der Waals surface area contributed by atoms with Gasteiger partial charge in [0.05, 0.1) is 6.10 Å². The third-order valence-corrected chi connectivity index (χ3v) is 8.37. The summed E-state index contributed by atoms with van der Waals surface area (Å²) in [6.07, 6.45) is 4.84. The van der Waals surface area contributed by atoms with Crippen molar-refractivity contribution in [3.8, 4) is 12.3 Å². The van der Waals surface area contributed by atoms with E-state index in [9.17, 15) is 5.11 Å². The van der Waals surface area contributed by atoms with Gasteiger partial charge in [-0.2, -0.15) is 0 Å². The van der Waals surface area contributed by atoms with Crippen LogP contribution in [0.15, 0.2) is 0 Å². The first kappa shape index (κ1) is 16.7. The summed E-state index contributed by atoms with van der Waals surface area (Å²) in [5.74, 6) is 2.54. The second-order valence-electron chi connectivity index (χ2n) is 6.49. The molecule has 0 rings (SSSR count). The summed E-state index contributed by atoms with van der Waals surface area (Å²) >= 11 is 0. The first-order valence-corrected chi connectivity index (χ1v) is 9.22. The van der Waals surface area contributed by atoms with Crippen molar-refractivity contribution in [1.82, 2.24) is 0 Å². The van der Waals surface area contributed by atoms with E-state index in [0.29, 0.717) is 6.61 Å². The molecule has 0 aromatic carbocycles. The molecule has 0 fully saturated rings. The summed E-state index contributed by atoms with van der Waals surface area (Å²) < 4.78 is 6.08. The summed E-state index contributed by atoms with van der Waals surface area (Å²) in [6.45, 7) is 15.5. The van der Waals surface area contributed by atoms with Crippen molar-refractivity contribution in [2.24, 2.45) is 11.8 Å². The Morgan fingerprint density at radius 3 is 2.12 bits per heavy atom. The lowest BCUT2D eigenvalue weighted by Crippen LogP contribution is -2.43. The molecule has 0 bridgehead atoms. The highest BCUT2D eigenvalue weighted by Crippen LogP contribution is 2.36. The standard InChI is InChI=1S/C14H28O2Si/c1-9-11(2)13(15)12(3)10-16-17(7,8)14(4,5)6/h1,11-13,15H,10H2,2-8H3/t11-,12+,13+/m1/s1. The molecule has 2 nitrogen and oxygen atoms in total. The van der Waals surface area contributed by atoms with Crippen LogP contribution >= 0.6 is 0 Å². The molecule has 0 spiro atoms. The number of terminal acetylenes is 1. The average Bonchev–Trinajstić information content (AvgIpc) is 2.22. The van der Waals surface area contributed by atoms with Crippen LogP contribution in [0.2, 0.25) is 18.1 Å². The van der Waals surface area contributed by atoms with E-state index in [1.54, 1.807) is 0 Å². The molecule has 0 aromatic heterocycles. The van der Waals surface area contributed by atoms with Gasteiger partial charge in [0.25, 0.3) is 0 Å². The molecule has 3 heteroatoms. The van der Waals surface area contributed by atoms with E-state index in [1.807, 2.05) is 13.8 Å². The Bertz CT molecular complexity index is 273. The second kappa shape index (κ2) is 6.04. The minimum Gasteiger partial charge on any atom is -0.416 e. The molecule has 100 valence electrons. The Balaban J connectivity index is 4.35. The summed E-state index contributed by atoms with van der Waals surface area (Å²) in [4.78, 5) is 0. The minimum atomic E-state index is -1.72. The molecular weight excluding hydrogens is 228 g/mol. The van der Waals surface area contributed by atoms with Crippen molar-refractivity contribution in [1.29, 1.82) is 0 Å². The van der Waals surface area contributed by atoms with Crippen molar-refractivity contribution in [2.75, 3.05) is 6.61 Å². The molecule has 0 aromatic rings. The number of aliphatic hydroxyl groups excluding tert-OH is 1. The molecule has 17 heavy (non-hydrogen) atoms. The molecule has 0 unspecified atom stereocenters. The van der Waals surface area contributed by atoms with Crippen molar-refractivity contribution >= 4 is 8.32 Å². The fraction of sp³-hybridized carbons (Fsp3) is 0.857. The Labute approximate surface area is 108 Å². The highest BCUT2D eigenvalue weighted by atomic mass is 28.4. The van der Waals surface area contributed by atoms with Gasteiger partial charge in [-0.25, -0.2) is 0 Å². The van der Waals surface area contributed by atoms with Gasteiger partial charge in [-0.05, 0) is 25.1 Å². The van der Waals surface area contributed by atoms with Crippen LogP contribution in [0.1, 0.15) is 34.6 Å². The van der Waals surface area contributed by atoms with Gasteiger partial charge < -0.3 is 9.53 Å². The van der Waals surface area contributed by atoms with Crippen LogP contribution < -0.4 is 0 Å². The monoisotopic (exact) mass is 256 g/mol. The lowest BCUT2D eigenvalue weighted by Gasteiger charge is -2.37. The Morgan fingerprint density at radius 2 is 1.76 bits per heavy atom. The van der Waals surface area contributed by atoms with Crippen LogP contribution in [-0.2, 0) is 4.43 Å². The molecule has 0 saturated carbocycles. The predicted molar refractivity (Wildman–Crippen MR) is 76.3 cm³/mol. The number of hydrogen-bond donors (Lipinski definition) is 1. The zero-order valence-electron chi connectivity index (χ0n) is 12.4. The van der Waals surface area contributed by atoms with Gasteiger partial charge in [-0.15, -0.1) is 12.3 Å². The fourth-order valence-corrected chi connectivity index (χ4v) is 2.36. The van der Waals surface area contributed by atoms with Gasteiger partial charge in [0.1, 0.15) is 0 Å². The SMILES string of the molecule is C#C[C@@H](C)[C@H](O)[C@@H](C)CO[Si](C)(C)C(C)(C)C. The lowest BCUT2D eigenvalue weighted by molar-refractivity contribution is 0.0567. The van der Waals surface area contributed by atoms with Crippen LogP contribution in [-0.4, -0.2) is 26.1 Å². The summed E-state index contributed by atoms with van der Waals surface area (Å²) in [6, 6.07) is 0. The van der Waals surface area contributed by atoms with Crippen molar-refractivity contribution in [3.05, 3.63) is 0 Å². The Morgan fingerprint density at radius 1 is 1.29 bits per heavy atom. The van der Waals surface area contributed by atoms with E-state index in [0.717, 1.165) is 0 Å². The van der Waals surface area contributed by atoms with Crippen molar-refractivity contribution < 1.29 is 9.53 Å². The van der Waals surface area contributed by atoms with E-state index in [-0.39, 0.29) is 16.9 Å². The molecule has 1 N–H and O–H groups in total. The van der Waals surface area contributed by atoms with Gasteiger partial charge in [0.2, 0.25) is 0 Å². The smallest absolute Gasteiger partial charge is 0.191 e. The number of hydrogen-bond acceptors (Lipinski definition) is 2. The highest BCUT2D eigenvalue weighted by Gasteiger charge is 2.37. The van der Waals surface area contributed by atoms with Crippen LogP contribution in [0.25, 0.3) is 0 Å². The molecule has 0 heterocycles. The predicted octanol–water partition coefficient (Wildman–Crippen LogP) is 3.27. The summed E-state index contributed by atoms with van der Waals surface area (Å²) in [5.41, 5.74) is 0. The third-order valence-electron chi connectivity index (χ3n) is 3.87. The molecule has 0 aliphatic carbocycles. The van der Waals surface area contributed by atoms with Crippen LogP contribution in [0, 0.1) is 24.2 Å². The number of aliphatic hydroxyl groups is 1. The van der Waals surface area contributed by atoms with E-state index in [4.69, 9.17) is 10.8 Å². The van der Waals surface area contributed by atoms with E-state index in [1.165, 1.54) is 0 Å². The fourth-order valence-electron chi connectivity index (χ4n) is 1.25. The average molecular weight is 256 g/mol. The summed E-state index contributed by atoms with van der Waals surface area (Å²) in [5, 5.41) is 10.2. The largest absolute Gasteiger partial charge is 0.416 e. The normalized spacial score (nSPS) is 18.3. The summed E-state index contributed by atoms with van der Waals surface area (Å²) in [7, 11) is -1.72. The molecule has 0 saturated heterocycles. The molecule has 0 aliphatic rings. The van der Waals surface area contributed by atoms with E-state index >= 15 is 0 Å². The lowest BCUT2D eigenvalue weighted by atomic mass is 9.95. The zero-order chi connectivity index (χ0) is 13.9. The maximum absolute atomic E-state index is 9.98. The van der Waals surface area contributed by atoms with Gasteiger partial charge in [0.15, 0.2) is 8.32 Å². The van der Waals surface area contributed by atoms with E-state index < -0.39 is 14.4 Å². The third kappa shape index (κ3) is 4.83. The molecule has 0 radical (unpaired) electrons. The van der Waals surface area contributed by atoms with Gasteiger partial charge in [0, 0.05) is 18.4 Å².